The Morgan fingerprint density at radius 2 is 1.84 bits per heavy atom. The number of aryl methyl sites for hydroxylation is 1. The van der Waals surface area contributed by atoms with Crippen LogP contribution in [0.15, 0.2) is 59.8 Å². The molecular weight excluding hydrogens is 312 g/mol. The first-order valence-corrected chi connectivity index (χ1v) is 8.35. The first kappa shape index (κ1) is 16.8. The largest absolute Gasteiger partial charge is 0.494 e. The van der Waals surface area contributed by atoms with Crippen molar-refractivity contribution in [3.05, 3.63) is 65.9 Å². The molecule has 1 aromatic heterocycles. The molecule has 0 radical (unpaired) electrons. The molecule has 0 aliphatic carbocycles. The van der Waals surface area contributed by atoms with Crippen molar-refractivity contribution < 1.29 is 4.74 Å². The smallest absolute Gasteiger partial charge is 0.221 e. The first-order valence-electron chi connectivity index (χ1n) is 8.35. The van der Waals surface area contributed by atoms with Gasteiger partial charge in [0.05, 0.1) is 24.7 Å². The van der Waals surface area contributed by atoms with Gasteiger partial charge in [-0.05, 0) is 43.2 Å². The SMILES string of the molecule is CCCOc1ccc(C=Nn2c(-c3ccc(C)cc3)cnc2N)cc1. The highest BCUT2D eigenvalue weighted by molar-refractivity contribution is 5.80. The van der Waals surface area contributed by atoms with Gasteiger partial charge in [0.25, 0.3) is 0 Å². The molecule has 5 heteroatoms. The fourth-order valence-corrected chi connectivity index (χ4v) is 2.40. The van der Waals surface area contributed by atoms with E-state index < -0.39 is 0 Å². The fraction of sp³-hybridized carbons (Fsp3) is 0.200. The molecule has 0 spiro atoms. The van der Waals surface area contributed by atoms with Gasteiger partial charge in [-0.25, -0.2) is 4.98 Å². The standard InChI is InChI=1S/C20H22N4O/c1-3-12-25-18-10-6-16(7-11-18)13-23-24-19(14-22-20(24)21)17-8-4-15(2)5-9-17/h4-11,13-14H,3,12H2,1-2H3,(H2,21,22). The Hall–Kier alpha value is -3.08. The molecule has 0 bridgehead atoms. The Morgan fingerprint density at radius 3 is 2.52 bits per heavy atom. The van der Waals surface area contributed by atoms with Gasteiger partial charge in [-0.1, -0.05) is 36.8 Å². The van der Waals surface area contributed by atoms with Crippen LogP contribution in [0, 0.1) is 6.92 Å². The Balaban J connectivity index is 1.82. The van der Waals surface area contributed by atoms with Crippen LogP contribution in [-0.4, -0.2) is 22.5 Å². The number of aromatic nitrogens is 2. The molecule has 0 unspecified atom stereocenters. The molecule has 0 saturated heterocycles. The van der Waals surface area contributed by atoms with E-state index in [1.54, 1.807) is 17.1 Å². The number of hydrogen-bond donors (Lipinski definition) is 1. The number of nitrogens with two attached hydrogens (primary N) is 1. The molecule has 3 aromatic rings. The molecule has 0 aliphatic rings. The second kappa shape index (κ2) is 7.66. The molecule has 3 rings (SSSR count). The molecule has 25 heavy (non-hydrogen) atoms. The van der Waals surface area contributed by atoms with E-state index in [9.17, 15) is 0 Å². The molecule has 0 amide bonds. The average molecular weight is 334 g/mol. The molecule has 1 heterocycles. The molecule has 2 N–H and O–H groups in total. The zero-order chi connectivity index (χ0) is 17.6. The van der Waals surface area contributed by atoms with Crippen LogP contribution in [0.2, 0.25) is 0 Å². The van der Waals surface area contributed by atoms with E-state index in [2.05, 4.69) is 36.1 Å². The molecule has 5 nitrogen and oxygen atoms in total. The monoisotopic (exact) mass is 334 g/mol. The van der Waals surface area contributed by atoms with E-state index >= 15 is 0 Å². The molecule has 0 atom stereocenters. The summed E-state index contributed by atoms with van der Waals surface area (Å²) in [5, 5.41) is 4.49. The number of rotatable bonds is 6. The van der Waals surface area contributed by atoms with Crippen molar-refractivity contribution in [3.63, 3.8) is 0 Å². The molecule has 2 aromatic carbocycles. The fourth-order valence-electron chi connectivity index (χ4n) is 2.40. The topological polar surface area (TPSA) is 65.4 Å². The normalized spacial score (nSPS) is 11.1. The lowest BCUT2D eigenvalue weighted by atomic mass is 10.1. The van der Waals surface area contributed by atoms with E-state index in [1.807, 2.05) is 36.4 Å². The van der Waals surface area contributed by atoms with Gasteiger partial charge in [0.1, 0.15) is 5.75 Å². The van der Waals surface area contributed by atoms with Gasteiger partial charge < -0.3 is 10.5 Å². The number of nitrogens with zero attached hydrogens (tertiary/aromatic N) is 3. The summed E-state index contributed by atoms with van der Waals surface area (Å²) in [5.41, 5.74) is 10.0. The van der Waals surface area contributed by atoms with Crippen molar-refractivity contribution in [1.82, 2.24) is 9.66 Å². The quantitative estimate of drug-likeness (QED) is 0.690. The number of ether oxygens (including phenoxy) is 1. The predicted octanol–water partition coefficient (Wildman–Crippen LogP) is 4.11. The third kappa shape index (κ3) is 4.07. The van der Waals surface area contributed by atoms with Gasteiger partial charge in [-0.15, -0.1) is 0 Å². The average Bonchev–Trinajstić information content (AvgIpc) is 3.00. The minimum atomic E-state index is 0.356. The maximum atomic E-state index is 5.97. The van der Waals surface area contributed by atoms with Crippen molar-refractivity contribution in [3.8, 4) is 17.0 Å². The van der Waals surface area contributed by atoms with Gasteiger partial charge in [-0.2, -0.15) is 9.78 Å². The number of hydrogen-bond acceptors (Lipinski definition) is 4. The van der Waals surface area contributed by atoms with E-state index in [0.29, 0.717) is 5.95 Å². The van der Waals surface area contributed by atoms with E-state index in [-0.39, 0.29) is 0 Å². The van der Waals surface area contributed by atoms with E-state index in [1.165, 1.54) is 5.56 Å². The second-order valence-corrected chi connectivity index (χ2v) is 5.84. The number of anilines is 1. The highest BCUT2D eigenvalue weighted by atomic mass is 16.5. The third-order valence-electron chi connectivity index (χ3n) is 3.79. The van der Waals surface area contributed by atoms with Gasteiger partial charge in [-0.3, -0.25) is 0 Å². The van der Waals surface area contributed by atoms with Gasteiger partial charge in [0.15, 0.2) is 0 Å². The van der Waals surface area contributed by atoms with Gasteiger partial charge in [0.2, 0.25) is 5.95 Å². The molecule has 128 valence electrons. The molecular formula is C20H22N4O. The predicted molar refractivity (Wildman–Crippen MR) is 102 cm³/mol. The van der Waals surface area contributed by atoms with Crippen LogP contribution in [0.1, 0.15) is 24.5 Å². The van der Waals surface area contributed by atoms with Crippen LogP contribution in [0.5, 0.6) is 5.75 Å². The molecule has 0 saturated carbocycles. The van der Waals surface area contributed by atoms with Crippen molar-refractivity contribution >= 4 is 12.2 Å². The Bertz CT molecular complexity index is 848. The Morgan fingerprint density at radius 1 is 1.12 bits per heavy atom. The molecule has 0 fully saturated rings. The first-order chi connectivity index (χ1) is 12.2. The summed E-state index contributed by atoms with van der Waals surface area (Å²) in [4.78, 5) is 4.18. The lowest BCUT2D eigenvalue weighted by molar-refractivity contribution is 0.317. The highest BCUT2D eigenvalue weighted by Crippen LogP contribution is 2.22. The summed E-state index contributed by atoms with van der Waals surface area (Å²) in [6, 6.07) is 16.0. The molecule has 0 aliphatic heterocycles. The number of imidazole rings is 1. The summed E-state index contributed by atoms with van der Waals surface area (Å²) in [7, 11) is 0. The highest BCUT2D eigenvalue weighted by Gasteiger charge is 2.08. The number of benzene rings is 2. The van der Waals surface area contributed by atoms with Crippen molar-refractivity contribution in [2.75, 3.05) is 12.3 Å². The summed E-state index contributed by atoms with van der Waals surface area (Å²) in [5.74, 6) is 1.22. The lowest BCUT2D eigenvalue weighted by Crippen LogP contribution is -2.00. The Labute approximate surface area is 147 Å². The van der Waals surface area contributed by atoms with Crippen LogP contribution in [0.25, 0.3) is 11.3 Å². The minimum absolute atomic E-state index is 0.356. The summed E-state index contributed by atoms with van der Waals surface area (Å²) in [6.07, 6.45) is 4.49. The van der Waals surface area contributed by atoms with Crippen LogP contribution in [-0.2, 0) is 0 Å². The second-order valence-electron chi connectivity index (χ2n) is 5.84. The zero-order valence-corrected chi connectivity index (χ0v) is 14.5. The Kier molecular flexibility index (Phi) is 5.14. The van der Waals surface area contributed by atoms with E-state index in [4.69, 9.17) is 10.5 Å². The summed E-state index contributed by atoms with van der Waals surface area (Å²) < 4.78 is 7.23. The number of nitrogen functional groups attached to an aromatic ring is 1. The van der Waals surface area contributed by atoms with Gasteiger partial charge >= 0.3 is 0 Å². The van der Waals surface area contributed by atoms with Crippen molar-refractivity contribution in [2.24, 2.45) is 5.10 Å². The summed E-state index contributed by atoms with van der Waals surface area (Å²) in [6.45, 7) is 4.86. The summed E-state index contributed by atoms with van der Waals surface area (Å²) >= 11 is 0. The van der Waals surface area contributed by atoms with Crippen molar-refractivity contribution in [1.29, 1.82) is 0 Å². The van der Waals surface area contributed by atoms with Crippen LogP contribution < -0.4 is 10.5 Å². The van der Waals surface area contributed by atoms with Crippen LogP contribution >= 0.6 is 0 Å². The zero-order valence-electron chi connectivity index (χ0n) is 14.5. The van der Waals surface area contributed by atoms with E-state index in [0.717, 1.165) is 35.6 Å². The third-order valence-corrected chi connectivity index (χ3v) is 3.79. The minimum Gasteiger partial charge on any atom is -0.494 e. The van der Waals surface area contributed by atoms with Crippen LogP contribution in [0.4, 0.5) is 5.95 Å². The maximum Gasteiger partial charge on any atom is 0.221 e. The van der Waals surface area contributed by atoms with Gasteiger partial charge in [0, 0.05) is 5.56 Å². The maximum absolute atomic E-state index is 5.97. The lowest BCUT2D eigenvalue weighted by Gasteiger charge is -2.05. The van der Waals surface area contributed by atoms with Crippen LogP contribution in [0.3, 0.4) is 0 Å². The van der Waals surface area contributed by atoms with Crippen molar-refractivity contribution in [2.45, 2.75) is 20.3 Å².